The third-order valence-electron chi connectivity index (χ3n) is 3.65. The van der Waals surface area contributed by atoms with Gasteiger partial charge < -0.3 is 15.7 Å². The molecule has 2 aromatic rings. The Hall–Kier alpha value is -3.26. The molecule has 0 saturated carbocycles. The molecule has 8 heteroatoms. The predicted octanol–water partition coefficient (Wildman–Crippen LogP) is 0.721. The first-order valence-electron chi connectivity index (χ1n) is 7.66. The topological polar surface area (TPSA) is 112 Å². The van der Waals surface area contributed by atoms with Crippen molar-refractivity contribution in [3.63, 3.8) is 0 Å². The molecule has 0 aliphatic carbocycles. The fourth-order valence-electron chi connectivity index (χ4n) is 2.48. The first kappa shape index (κ1) is 16.6. The Morgan fingerprint density at radius 3 is 2.32 bits per heavy atom. The van der Waals surface area contributed by atoms with Crippen molar-refractivity contribution in [3.05, 3.63) is 53.7 Å². The average Bonchev–Trinajstić information content (AvgIpc) is 2.86. The van der Waals surface area contributed by atoms with Gasteiger partial charge in [0.05, 0.1) is 29.6 Å². The van der Waals surface area contributed by atoms with E-state index in [9.17, 15) is 14.4 Å². The molecule has 0 spiro atoms. The maximum Gasteiger partial charge on any atom is 0.262 e. The summed E-state index contributed by atoms with van der Waals surface area (Å²) in [6, 6.07) is 9.75. The molecule has 0 bridgehead atoms. The molecule has 1 aromatic heterocycles. The third kappa shape index (κ3) is 3.48. The van der Waals surface area contributed by atoms with Gasteiger partial charge in [-0.15, -0.1) is 0 Å². The van der Waals surface area contributed by atoms with Gasteiger partial charge >= 0.3 is 0 Å². The normalized spacial score (nSPS) is 12.9. The largest absolute Gasteiger partial charge is 0.395 e. The first-order chi connectivity index (χ1) is 12.1. The SMILES string of the molecule is O=C(CN1C(=O)c2ccccc2C1=O)Nc1ccc(NCCO)nc1. The van der Waals surface area contributed by atoms with E-state index in [1.807, 2.05) is 0 Å². The highest BCUT2D eigenvalue weighted by Crippen LogP contribution is 2.22. The summed E-state index contributed by atoms with van der Waals surface area (Å²) >= 11 is 0. The van der Waals surface area contributed by atoms with E-state index in [1.54, 1.807) is 36.4 Å². The minimum absolute atomic E-state index is 0.0134. The van der Waals surface area contributed by atoms with Gasteiger partial charge in [0, 0.05) is 6.54 Å². The van der Waals surface area contributed by atoms with E-state index in [4.69, 9.17) is 5.11 Å². The van der Waals surface area contributed by atoms with Crippen LogP contribution in [0.3, 0.4) is 0 Å². The van der Waals surface area contributed by atoms with Gasteiger partial charge in [-0.1, -0.05) is 12.1 Å². The summed E-state index contributed by atoms with van der Waals surface area (Å²) < 4.78 is 0. The van der Waals surface area contributed by atoms with Crippen LogP contribution in [0.2, 0.25) is 0 Å². The highest BCUT2D eigenvalue weighted by Gasteiger charge is 2.36. The molecule has 0 atom stereocenters. The minimum atomic E-state index is -0.493. The summed E-state index contributed by atoms with van der Waals surface area (Å²) in [6.07, 6.45) is 1.44. The van der Waals surface area contributed by atoms with Crippen LogP contribution in [0.15, 0.2) is 42.6 Å². The highest BCUT2D eigenvalue weighted by atomic mass is 16.3. The molecule has 25 heavy (non-hydrogen) atoms. The second-order valence-corrected chi connectivity index (χ2v) is 5.37. The molecule has 128 valence electrons. The molecule has 8 nitrogen and oxygen atoms in total. The van der Waals surface area contributed by atoms with Gasteiger partial charge in [-0.05, 0) is 24.3 Å². The molecule has 1 aromatic carbocycles. The van der Waals surface area contributed by atoms with Gasteiger partial charge in [0.2, 0.25) is 5.91 Å². The zero-order valence-corrected chi connectivity index (χ0v) is 13.2. The van der Waals surface area contributed by atoms with Crippen LogP contribution in [0.1, 0.15) is 20.7 Å². The van der Waals surface area contributed by atoms with Crippen molar-refractivity contribution in [2.24, 2.45) is 0 Å². The van der Waals surface area contributed by atoms with Gasteiger partial charge in [0.15, 0.2) is 0 Å². The minimum Gasteiger partial charge on any atom is -0.395 e. The van der Waals surface area contributed by atoms with E-state index in [0.29, 0.717) is 29.2 Å². The third-order valence-corrected chi connectivity index (χ3v) is 3.65. The van der Waals surface area contributed by atoms with Crippen LogP contribution in [0.25, 0.3) is 0 Å². The maximum atomic E-state index is 12.2. The fraction of sp³-hybridized carbons (Fsp3) is 0.176. The number of hydrogen-bond donors (Lipinski definition) is 3. The summed E-state index contributed by atoms with van der Waals surface area (Å²) in [4.78, 5) is 41.6. The lowest BCUT2D eigenvalue weighted by atomic mass is 10.1. The van der Waals surface area contributed by atoms with Crippen molar-refractivity contribution in [1.82, 2.24) is 9.88 Å². The Bertz CT molecular complexity index is 785. The molecule has 3 N–H and O–H groups in total. The number of hydrogen-bond acceptors (Lipinski definition) is 6. The van der Waals surface area contributed by atoms with Crippen LogP contribution in [0, 0.1) is 0 Å². The van der Waals surface area contributed by atoms with E-state index in [0.717, 1.165) is 4.90 Å². The number of carbonyl (C=O) groups excluding carboxylic acids is 3. The number of aromatic nitrogens is 1. The number of rotatable bonds is 6. The second kappa shape index (κ2) is 7.10. The number of nitrogens with zero attached hydrogens (tertiary/aromatic N) is 2. The lowest BCUT2D eigenvalue weighted by Gasteiger charge is -2.13. The number of aliphatic hydroxyl groups is 1. The highest BCUT2D eigenvalue weighted by molar-refractivity contribution is 6.22. The monoisotopic (exact) mass is 340 g/mol. The number of benzene rings is 1. The number of amides is 3. The maximum absolute atomic E-state index is 12.2. The smallest absolute Gasteiger partial charge is 0.262 e. The lowest BCUT2D eigenvalue weighted by molar-refractivity contribution is -0.116. The van der Waals surface area contributed by atoms with Crippen molar-refractivity contribution >= 4 is 29.2 Å². The quantitative estimate of drug-likeness (QED) is 0.668. The lowest BCUT2D eigenvalue weighted by Crippen LogP contribution is -2.37. The van der Waals surface area contributed by atoms with Crippen LogP contribution in [0.4, 0.5) is 11.5 Å². The standard InChI is InChI=1S/C17H16N4O4/c22-8-7-18-14-6-5-11(9-19-14)20-15(23)10-21-16(24)12-3-1-2-4-13(12)17(21)25/h1-6,9,22H,7-8,10H2,(H,18,19)(H,20,23). The summed E-state index contributed by atoms with van der Waals surface area (Å²) in [6.45, 7) is -0.00421. The van der Waals surface area contributed by atoms with Crippen molar-refractivity contribution in [2.75, 3.05) is 30.3 Å². The molecule has 0 saturated heterocycles. The van der Waals surface area contributed by atoms with Crippen LogP contribution in [-0.4, -0.2) is 52.4 Å². The number of pyridine rings is 1. The summed E-state index contributed by atoms with van der Waals surface area (Å²) in [5, 5.41) is 14.2. The van der Waals surface area contributed by atoms with E-state index < -0.39 is 17.7 Å². The van der Waals surface area contributed by atoms with E-state index >= 15 is 0 Å². The van der Waals surface area contributed by atoms with Crippen LogP contribution >= 0.6 is 0 Å². The Labute approximate surface area is 143 Å². The molecular weight excluding hydrogens is 324 g/mol. The molecular formula is C17H16N4O4. The summed E-state index contributed by atoms with van der Waals surface area (Å²) in [5.41, 5.74) is 1.05. The molecule has 0 fully saturated rings. The zero-order chi connectivity index (χ0) is 17.8. The summed E-state index contributed by atoms with van der Waals surface area (Å²) in [5.74, 6) is -0.880. The van der Waals surface area contributed by atoms with Crippen LogP contribution in [-0.2, 0) is 4.79 Å². The average molecular weight is 340 g/mol. The molecule has 1 aliphatic heterocycles. The zero-order valence-electron chi connectivity index (χ0n) is 13.2. The molecule has 2 heterocycles. The first-order valence-corrected chi connectivity index (χ1v) is 7.66. The van der Waals surface area contributed by atoms with Gasteiger partial charge in [-0.2, -0.15) is 0 Å². The van der Waals surface area contributed by atoms with E-state index in [-0.39, 0.29) is 13.2 Å². The number of aliphatic hydroxyl groups excluding tert-OH is 1. The fourth-order valence-corrected chi connectivity index (χ4v) is 2.48. The van der Waals surface area contributed by atoms with Crippen molar-refractivity contribution in [1.29, 1.82) is 0 Å². The Balaban J connectivity index is 1.62. The molecule has 3 rings (SSSR count). The number of fused-ring (bicyclic) bond motifs is 1. The number of anilines is 2. The molecule has 0 unspecified atom stereocenters. The van der Waals surface area contributed by atoms with Gasteiger partial charge in [0.1, 0.15) is 12.4 Å². The predicted molar refractivity (Wildman–Crippen MR) is 90.3 cm³/mol. The second-order valence-electron chi connectivity index (χ2n) is 5.37. The van der Waals surface area contributed by atoms with Gasteiger partial charge in [-0.25, -0.2) is 4.98 Å². The van der Waals surface area contributed by atoms with Crippen LogP contribution in [0.5, 0.6) is 0 Å². The van der Waals surface area contributed by atoms with Crippen molar-refractivity contribution in [2.45, 2.75) is 0 Å². The number of imide groups is 1. The molecule has 3 amide bonds. The number of carbonyl (C=O) groups is 3. The molecule has 1 aliphatic rings. The Kier molecular flexibility index (Phi) is 4.71. The molecule has 0 radical (unpaired) electrons. The van der Waals surface area contributed by atoms with E-state index in [1.165, 1.54) is 6.20 Å². The van der Waals surface area contributed by atoms with Crippen LogP contribution < -0.4 is 10.6 Å². The van der Waals surface area contributed by atoms with Gasteiger partial charge in [-0.3, -0.25) is 19.3 Å². The number of nitrogens with one attached hydrogen (secondary N) is 2. The van der Waals surface area contributed by atoms with E-state index in [2.05, 4.69) is 15.6 Å². The Morgan fingerprint density at radius 1 is 1.08 bits per heavy atom. The summed E-state index contributed by atoms with van der Waals surface area (Å²) in [7, 11) is 0. The van der Waals surface area contributed by atoms with Crippen molar-refractivity contribution in [3.8, 4) is 0 Å². The van der Waals surface area contributed by atoms with Gasteiger partial charge in [0.25, 0.3) is 11.8 Å². The Morgan fingerprint density at radius 2 is 1.76 bits per heavy atom. The van der Waals surface area contributed by atoms with Crippen molar-refractivity contribution < 1.29 is 19.5 Å².